The highest BCUT2D eigenvalue weighted by Gasteiger charge is 2.24. The normalized spacial score (nSPS) is 11.5. The van der Waals surface area contributed by atoms with Gasteiger partial charge in [-0.3, -0.25) is 9.59 Å². The highest BCUT2D eigenvalue weighted by atomic mass is 16.5. The van der Waals surface area contributed by atoms with E-state index >= 15 is 0 Å². The van der Waals surface area contributed by atoms with Gasteiger partial charge in [0.05, 0.1) is 24.3 Å². The minimum Gasteiger partial charge on any atom is -0.469 e. The van der Waals surface area contributed by atoms with Gasteiger partial charge in [0.2, 0.25) is 0 Å². The van der Waals surface area contributed by atoms with Gasteiger partial charge in [0.1, 0.15) is 0 Å². The van der Waals surface area contributed by atoms with E-state index in [-0.39, 0.29) is 17.8 Å². The summed E-state index contributed by atoms with van der Waals surface area (Å²) in [6.07, 6.45) is 0. The molecule has 2 aromatic rings. The van der Waals surface area contributed by atoms with Crippen LogP contribution in [0.5, 0.6) is 0 Å². The van der Waals surface area contributed by atoms with E-state index in [1.165, 1.54) is 7.11 Å². The number of hydrogen-bond donors (Lipinski definition) is 0. The number of nitrogens with zero attached hydrogens (tertiary/aromatic N) is 2. The van der Waals surface area contributed by atoms with Crippen LogP contribution in [0.2, 0.25) is 0 Å². The number of methoxy groups -OCH3 is 1. The molecule has 138 valence electrons. The Labute approximate surface area is 155 Å². The summed E-state index contributed by atoms with van der Waals surface area (Å²) < 4.78 is 4.78. The molecule has 0 saturated heterocycles. The SMILES string of the molecule is CCN(CC(C)C(=O)OC)C(=O)c1ccccc1N(C)c1ccccc1. The van der Waals surface area contributed by atoms with E-state index in [1.54, 1.807) is 11.8 Å². The third kappa shape index (κ3) is 4.42. The van der Waals surface area contributed by atoms with Crippen molar-refractivity contribution >= 4 is 23.3 Å². The summed E-state index contributed by atoms with van der Waals surface area (Å²) in [5.74, 6) is -0.782. The van der Waals surface area contributed by atoms with Gasteiger partial charge in [-0.25, -0.2) is 0 Å². The number of anilines is 2. The molecular weight excluding hydrogens is 328 g/mol. The first-order chi connectivity index (χ1) is 12.5. The molecule has 0 radical (unpaired) electrons. The Bertz CT molecular complexity index is 746. The number of hydrogen-bond acceptors (Lipinski definition) is 4. The van der Waals surface area contributed by atoms with Crippen LogP contribution in [0.25, 0.3) is 0 Å². The molecule has 0 spiro atoms. The van der Waals surface area contributed by atoms with Crippen molar-refractivity contribution in [3.8, 4) is 0 Å². The van der Waals surface area contributed by atoms with Gasteiger partial charge in [0.25, 0.3) is 5.91 Å². The van der Waals surface area contributed by atoms with Crippen LogP contribution in [0.15, 0.2) is 54.6 Å². The van der Waals surface area contributed by atoms with Crippen LogP contribution in [0.1, 0.15) is 24.2 Å². The third-order valence-corrected chi connectivity index (χ3v) is 4.41. The average Bonchev–Trinajstić information content (AvgIpc) is 2.70. The van der Waals surface area contributed by atoms with Crippen LogP contribution in [-0.4, -0.2) is 44.0 Å². The van der Waals surface area contributed by atoms with Crippen LogP contribution < -0.4 is 4.90 Å². The number of rotatable bonds is 7. The fourth-order valence-electron chi connectivity index (χ4n) is 2.87. The lowest BCUT2D eigenvalue weighted by atomic mass is 10.1. The highest BCUT2D eigenvalue weighted by molar-refractivity contribution is 6.00. The quantitative estimate of drug-likeness (QED) is 0.711. The van der Waals surface area contributed by atoms with E-state index in [1.807, 2.05) is 73.5 Å². The van der Waals surface area contributed by atoms with Gasteiger partial charge >= 0.3 is 5.97 Å². The fourth-order valence-corrected chi connectivity index (χ4v) is 2.87. The van der Waals surface area contributed by atoms with Crippen molar-refractivity contribution in [3.63, 3.8) is 0 Å². The molecule has 0 fully saturated rings. The van der Waals surface area contributed by atoms with Crippen LogP contribution in [0.4, 0.5) is 11.4 Å². The molecule has 1 amide bonds. The van der Waals surface area contributed by atoms with Gasteiger partial charge in [-0.2, -0.15) is 0 Å². The van der Waals surface area contributed by atoms with E-state index in [0.29, 0.717) is 18.7 Å². The number of para-hydroxylation sites is 2. The second-order valence-electron chi connectivity index (χ2n) is 6.18. The largest absolute Gasteiger partial charge is 0.469 e. The second kappa shape index (κ2) is 9.04. The molecule has 1 unspecified atom stereocenters. The summed E-state index contributed by atoms with van der Waals surface area (Å²) in [5.41, 5.74) is 2.43. The lowest BCUT2D eigenvalue weighted by Crippen LogP contribution is -2.37. The van der Waals surface area contributed by atoms with Gasteiger partial charge in [-0.05, 0) is 31.2 Å². The minimum atomic E-state index is -0.372. The maximum Gasteiger partial charge on any atom is 0.310 e. The van der Waals surface area contributed by atoms with Crippen molar-refractivity contribution in [2.24, 2.45) is 5.92 Å². The van der Waals surface area contributed by atoms with E-state index in [4.69, 9.17) is 4.74 Å². The minimum absolute atomic E-state index is 0.0957. The van der Waals surface area contributed by atoms with E-state index in [9.17, 15) is 9.59 Å². The predicted molar refractivity (Wildman–Crippen MR) is 104 cm³/mol. The van der Waals surface area contributed by atoms with Gasteiger partial charge in [0, 0.05) is 25.8 Å². The molecule has 0 N–H and O–H groups in total. The molecule has 1 atom stereocenters. The van der Waals surface area contributed by atoms with Crippen molar-refractivity contribution in [2.45, 2.75) is 13.8 Å². The van der Waals surface area contributed by atoms with Crippen LogP contribution >= 0.6 is 0 Å². The van der Waals surface area contributed by atoms with Crippen LogP contribution in [-0.2, 0) is 9.53 Å². The lowest BCUT2D eigenvalue weighted by molar-refractivity contribution is -0.145. The summed E-state index contributed by atoms with van der Waals surface area (Å²) in [5, 5.41) is 0. The summed E-state index contributed by atoms with van der Waals surface area (Å²) >= 11 is 0. The van der Waals surface area contributed by atoms with Crippen molar-refractivity contribution in [2.75, 3.05) is 32.1 Å². The molecule has 0 bridgehead atoms. The first-order valence-electron chi connectivity index (χ1n) is 8.74. The van der Waals surface area contributed by atoms with Crippen molar-refractivity contribution in [1.82, 2.24) is 4.90 Å². The molecular formula is C21H26N2O3. The van der Waals surface area contributed by atoms with Gasteiger partial charge < -0.3 is 14.5 Å². The summed E-state index contributed by atoms with van der Waals surface area (Å²) in [7, 11) is 3.30. The molecule has 26 heavy (non-hydrogen) atoms. The summed E-state index contributed by atoms with van der Waals surface area (Å²) in [4.78, 5) is 28.5. The Morgan fingerprint density at radius 3 is 2.27 bits per heavy atom. The summed E-state index contributed by atoms with van der Waals surface area (Å²) in [6, 6.07) is 17.4. The number of carbonyl (C=O) groups excluding carboxylic acids is 2. The first-order valence-corrected chi connectivity index (χ1v) is 8.74. The number of ether oxygens (including phenoxy) is 1. The maximum absolute atomic E-state index is 13.1. The maximum atomic E-state index is 13.1. The highest BCUT2D eigenvalue weighted by Crippen LogP contribution is 2.27. The van der Waals surface area contributed by atoms with Crippen LogP contribution in [0, 0.1) is 5.92 Å². The molecule has 0 aromatic heterocycles. The fraction of sp³-hybridized carbons (Fsp3) is 0.333. The van der Waals surface area contributed by atoms with Crippen molar-refractivity contribution in [1.29, 1.82) is 0 Å². The van der Waals surface area contributed by atoms with Crippen molar-refractivity contribution in [3.05, 3.63) is 60.2 Å². The van der Waals surface area contributed by atoms with Gasteiger partial charge in [-0.1, -0.05) is 37.3 Å². The number of amides is 1. The Morgan fingerprint density at radius 1 is 1.04 bits per heavy atom. The average molecular weight is 354 g/mol. The van der Waals surface area contributed by atoms with Gasteiger partial charge in [0.15, 0.2) is 0 Å². The Kier molecular flexibility index (Phi) is 6.78. The van der Waals surface area contributed by atoms with Gasteiger partial charge in [-0.15, -0.1) is 0 Å². The molecule has 5 heteroatoms. The van der Waals surface area contributed by atoms with Crippen LogP contribution in [0.3, 0.4) is 0 Å². The molecule has 5 nitrogen and oxygen atoms in total. The summed E-state index contributed by atoms with van der Waals surface area (Å²) in [6.45, 7) is 4.52. The molecule has 0 aliphatic carbocycles. The zero-order chi connectivity index (χ0) is 19.1. The monoisotopic (exact) mass is 354 g/mol. The van der Waals surface area contributed by atoms with E-state index in [0.717, 1.165) is 11.4 Å². The Morgan fingerprint density at radius 2 is 1.65 bits per heavy atom. The molecule has 0 aliphatic heterocycles. The zero-order valence-corrected chi connectivity index (χ0v) is 15.8. The molecule has 2 rings (SSSR count). The molecule has 0 heterocycles. The molecule has 0 saturated carbocycles. The number of benzene rings is 2. The predicted octanol–water partition coefficient (Wildman–Crippen LogP) is 3.73. The van der Waals surface area contributed by atoms with E-state index < -0.39 is 0 Å². The number of carbonyl (C=O) groups is 2. The topological polar surface area (TPSA) is 49.9 Å². The molecule has 0 aliphatic rings. The first kappa shape index (κ1) is 19.5. The van der Waals surface area contributed by atoms with E-state index in [2.05, 4.69) is 0 Å². The lowest BCUT2D eigenvalue weighted by Gasteiger charge is -2.27. The Balaban J connectivity index is 2.30. The smallest absolute Gasteiger partial charge is 0.310 e. The molecule has 2 aromatic carbocycles. The second-order valence-corrected chi connectivity index (χ2v) is 6.18. The number of esters is 1. The third-order valence-electron chi connectivity index (χ3n) is 4.41. The Hall–Kier alpha value is -2.82. The standard InChI is InChI=1S/C21H26N2O3/c1-5-23(15-16(2)21(25)26-4)20(24)18-13-9-10-14-19(18)22(3)17-11-7-6-8-12-17/h6-14,16H,5,15H2,1-4H3. The van der Waals surface area contributed by atoms with Crippen molar-refractivity contribution < 1.29 is 14.3 Å². The zero-order valence-electron chi connectivity index (χ0n) is 15.8.